The lowest BCUT2D eigenvalue weighted by molar-refractivity contribution is 0.100. The van der Waals surface area contributed by atoms with E-state index in [1.807, 2.05) is 0 Å². The number of nitrogen functional groups attached to an aromatic ring is 1. The maximum Gasteiger partial charge on any atom is 0.250 e. The molecule has 0 saturated carbocycles. The summed E-state index contributed by atoms with van der Waals surface area (Å²) in [5.41, 5.74) is 11.7. The number of carbonyl (C=O) groups is 1. The molecule has 0 unspecified atom stereocenters. The SMILES string of the molecule is CC(C)(C)[Si](C)(C)CCOc1ccc(C(N)=O)c(N)c1. The third kappa shape index (κ3) is 4.00. The second-order valence-electron chi connectivity index (χ2n) is 6.85. The third-order valence-corrected chi connectivity index (χ3v) is 9.83. The Labute approximate surface area is 122 Å². The van der Waals surface area contributed by atoms with E-state index in [-0.39, 0.29) is 0 Å². The summed E-state index contributed by atoms with van der Waals surface area (Å²) in [5.74, 6) is 0.168. The lowest BCUT2D eigenvalue weighted by Gasteiger charge is -2.36. The number of ether oxygens (including phenoxy) is 1. The Morgan fingerprint density at radius 2 is 1.90 bits per heavy atom. The molecular formula is C15H26N2O2Si. The number of benzene rings is 1. The Morgan fingerprint density at radius 1 is 1.30 bits per heavy atom. The van der Waals surface area contributed by atoms with Gasteiger partial charge in [-0.3, -0.25) is 4.79 Å². The molecule has 1 rings (SSSR count). The van der Waals surface area contributed by atoms with Crippen LogP contribution < -0.4 is 16.2 Å². The molecule has 0 atom stereocenters. The fourth-order valence-corrected chi connectivity index (χ4v) is 3.02. The molecule has 0 aliphatic carbocycles. The van der Waals surface area contributed by atoms with Crippen LogP contribution in [-0.2, 0) is 0 Å². The maximum absolute atomic E-state index is 11.1. The van der Waals surface area contributed by atoms with E-state index in [1.54, 1.807) is 18.2 Å². The van der Waals surface area contributed by atoms with E-state index in [9.17, 15) is 4.79 Å². The number of rotatable bonds is 5. The molecule has 20 heavy (non-hydrogen) atoms. The van der Waals surface area contributed by atoms with Crippen LogP contribution in [0, 0.1) is 0 Å². The molecule has 0 aromatic heterocycles. The Hall–Kier alpha value is -1.49. The van der Waals surface area contributed by atoms with Gasteiger partial charge in [0.15, 0.2) is 0 Å². The van der Waals surface area contributed by atoms with E-state index < -0.39 is 14.0 Å². The summed E-state index contributed by atoms with van der Waals surface area (Å²) in [5, 5.41) is 0.352. The summed E-state index contributed by atoms with van der Waals surface area (Å²) in [6.45, 7) is 12.3. The molecule has 4 N–H and O–H groups in total. The van der Waals surface area contributed by atoms with E-state index in [0.717, 1.165) is 6.04 Å². The second-order valence-corrected chi connectivity index (χ2v) is 12.6. The van der Waals surface area contributed by atoms with Crippen LogP contribution in [0.1, 0.15) is 31.1 Å². The number of carbonyl (C=O) groups excluding carboxylic acids is 1. The lowest BCUT2D eigenvalue weighted by Crippen LogP contribution is -2.38. The molecule has 112 valence electrons. The van der Waals surface area contributed by atoms with Gasteiger partial charge in [0, 0.05) is 11.8 Å². The van der Waals surface area contributed by atoms with Gasteiger partial charge in [0.2, 0.25) is 0 Å². The third-order valence-electron chi connectivity index (χ3n) is 4.31. The first-order valence-corrected chi connectivity index (χ1v) is 10.1. The first-order chi connectivity index (χ1) is 9.04. The molecule has 0 bridgehead atoms. The van der Waals surface area contributed by atoms with Gasteiger partial charge in [-0.05, 0) is 23.2 Å². The van der Waals surface area contributed by atoms with Crippen molar-refractivity contribution in [2.24, 2.45) is 5.73 Å². The summed E-state index contributed by atoms with van der Waals surface area (Å²) in [7, 11) is -1.33. The number of anilines is 1. The molecule has 0 aliphatic rings. The van der Waals surface area contributed by atoms with Crippen LogP contribution in [0.15, 0.2) is 18.2 Å². The van der Waals surface area contributed by atoms with Gasteiger partial charge in [0.25, 0.3) is 5.91 Å². The molecule has 0 saturated heterocycles. The first kappa shape index (κ1) is 16.6. The van der Waals surface area contributed by atoms with Crippen LogP contribution in [0.25, 0.3) is 0 Å². The summed E-state index contributed by atoms with van der Waals surface area (Å²) < 4.78 is 5.76. The Kier molecular flexibility index (Phi) is 4.86. The molecule has 0 fully saturated rings. The van der Waals surface area contributed by atoms with Crippen molar-refractivity contribution in [3.8, 4) is 5.75 Å². The van der Waals surface area contributed by atoms with Crippen molar-refractivity contribution in [1.82, 2.24) is 0 Å². The molecule has 0 spiro atoms. The molecule has 1 aromatic rings. The van der Waals surface area contributed by atoms with Crippen LogP contribution >= 0.6 is 0 Å². The zero-order valence-corrected chi connectivity index (χ0v) is 14.1. The fraction of sp³-hybridized carbons (Fsp3) is 0.533. The van der Waals surface area contributed by atoms with Gasteiger partial charge in [-0.2, -0.15) is 0 Å². The van der Waals surface area contributed by atoms with Crippen molar-refractivity contribution in [1.29, 1.82) is 0 Å². The maximum atomic E-state index is 11.1. The highest BCUT2D eigenvalue weighted by Crippen LogP contribution is 2.38. The minimum atomic E-state index is -1.33. The number of nitrogens with two attached hydrogens (primary N) is 2. The Bertz CT molecular complexity index is 493. The van der Waals surface area contributed by atoms with Gasteiger partial charge in [0.1, 0.15) is 5.75 Å². The van der Waals surface area contributed by atoms with Crippen molar-refractivity contribution in [2.75, 3.05) is 12.3 Å². The van der Waals surface area contributed by atoms with E-state index >= 15 is 0 Å². The minimum absolute atomic E-state index is 0.335. The van der Waals surface area contributed by atoms with Crippen LogP contribution in [0.5, 0.6) is 5.75 Å². The number of primary amides is 1. The van der Waals surface area contributed by atoms with Crippen LogP contribution in [-0.4, -0.2) is 20.6 Å². The smallest absolute Gasteiger partial charge is 0.250 e. The van der Waals surface area contributed by atoms with Gasteiger partial charge in [-0.1, -0.05) is 33.9 Å². The molecule has 0 radical (unpaired) electrons. The normalized spacial score (nSPS) is 12.2. The zero-order chi connectivity index (χ0) is 15.6. The van der Waals surface area contributed by atoms with Gasteiger partial charge in [-0.15, -0.1) is 0 Å². The van der Waals surface area contributed by atoms with Gasteiger partial charge >= 0.3 is 0 Å². The Morgan fingerprint density at radius 3 is 2.35 bits per heavy atom. The van der Waals surface area contributed by atoms with E-state index in [4.69, 9.17) is 16.2 Å². The van der Waals surface area contributed by atoms with Crippen molar-refractivity contribution >= 4 is 19.7 Å². The monoisotopic (exact) mass is 294 g/mol. The highest BCUT2D eigenvalue weighted by atomic mass is 28.3. The minimum Gasteiger partial charge on any atom is -0.494 e. The fourth-order valence-electron chi connectivity index (χ4n) is 1.65. The van der Waals surface area contributed by atoms with Crippen molar-refractivity contribution in [3.63, 3.8) is 0 Å². The predicted molar refractivity (Wildman–Crippen MR) is 86.9 cm³/mol. The zero-order valence-electron chi connectivity index (χ0n) is 13.1. The first-order valence-electron chi connectivity index (χ1n) is 6.87. The van der Waals surface area contributed by atoms with Gasteiger partial charge in [-0.25, -0.2) is 0 Å². The van der Waals surface area contributed by atoms with Crippen molar-refractivity contribution < 1.29 is 9.53 Å². The highest BCUT2D eigenvalue weighted by Gasteiger charge is 2.34. The van der Waals surface area contributed by atoms with Crippen molar-refractivity contribution in [3.05, 3.63) is 23.8 Å². The van der Waals surface area contributed by atoms with E-state index in [2.05, 4.69) is 33.9 Å². The Balaban J connectivity index is 2.64. The predicted octanol–water partition coefficient (Wildman–Crippen LogP) is 3.25. The molecule has 0 aliphatic heterocycles. The topological polar surface area (TPSA) is 78.3 Å². The summed E-state index contributed by atoms with van der Waals surface area (Å²) in [6, 6.07) is 6.08. The number of hydrogen-bond acceptors (Lipinski definition) is 3. The van der Waals surface area contributed by atoms with Gasteiger partial charge < -0.3 is 16.2 Å². The van der Waals surface area contributed by atoms with Crippen LogP contribution in [0.4, 0.5) is 5.69 Å². The lowest BCUT2D eigenvalue weighted by atomic mass is 10.1. The number of hydrogen-bond donors (Lipinski definition) is 2. The largest absolute Gasteiger partial charge is 0.494 e. The highest BCUT2D eigenvalue weighted by molar-refractivity contribution is 6.80. The quantitative estimate of drug-likeness (QED) is 0.646. The van der Waals surface area contributed by atoms with E-state index in [0.29, 0.717) is 28.6 Å². The summed E-state index contributed by atoms with van der Waals surface area (Å²) >= 11 is 0. The van der Waals surface area contributed by atoms with E-state index in [1.165, 1.54) is 0 Å². The standard InChI is InChI=1S/C15H26N2O2Si/c1-15(2,3)20(4,5)9-8-19-11-6-7-12(14(17)18)13(16)10-11/h6-7,10H,8-9,16H2,1-5H3,(H2,17,18). The molecule has 4 nitrogen and oxygen atoms in total. The molecule has 1 aromatic carbocycles. The summed E-state index contributed by atoms with van der Waals surface area (Å²) in [6.07, 6.45) is 0. The second kappa shape index (κ2) is 5.87. The molecule has 5 heteroatoms. The average molecular weight is 294 g/mol. The summed E-state index contributed by atoms with van der Waals surface area (Å²) in [4.78, 5) is 11.1. The average Bonchev–Trinajstić information content (AvgIpc) is 2.26. The number of amides is 1. The van der Waals surface area contributed by atoms with Crippen LogP contribution in [0.2, 0.25) is 24.2 Å². The van der Waals surface area contributed by atoms with Crippen molar-refractivity contribution in [2.45, 2.75) is 44.9 Å². The van der Waals surface area contributed by atoms with Gasteiger partial charge in [0.05, 0.1) is 20.2 Å². The molecule has 0 heterocycles. The molecular weight excluding hydrogens is 268 g/mol. The van der Waals surface area contributed by atoms with Crippen LogP contribution in [0.3, 0.4) is 0 Å². The molecule has 1 amide bonds.